The first-order valence-electron chi connectivity index (χ1n) is 7.24. The average Bonchev–Trinajstić information content (AvgIpc) is 3.03. The fourth-order valence-electron chi connectivity index (χ4n) is 2.73. The van der Waals surface area contributed by atoms with Crippen molar-refractivity contribution in [3.63, 3.8) is 0 Å². The average molecular weight is 269 g/mol. The Bertz CT molecular complexity index is 554. The van der Waals surface area contributed by atoms with Crippen LogP contribution >= 0.6 is 0 Å². The third-order valence-corrected chi connectivity index (χ3v) is 3.88. The van der Waals surface area contributed by atoms with Gasteiger partial charge in [-0.05, 0) is 43.2 Å². The summed E-state index contributed by atoms with van der Waals surface area (Å²) in [5.74, 6) is 0.353. The van der Waals surface area contributed by atoms with Gasteiger partial charge >= 0.3 is 0 Å². The molecule has 1 saturated carbocycles. The molecule has 1 aliphatic carbocycles. The number of hydrogen-bond acceptors (Lipinski definition) is 2. The zero-order chi connectivity index (χ0) is 13.8. The number of nitrogens with one attached hydrogen (secondary N) is 1. The number of carbonyl (C=O) groups is 1. The molecule has 0 atom stereocenters. The van der Waals surface area contributed by atoms with Crippen LogP contribution in [0.3, 0.4) is 0 Å². The molecule has 1 aromatic carbocycles. The van der Waals surface area contributed by atoms with Gasteiger partial charge in [0.25, 0.3) is 0 Å². The molecule has 0 bridgehead atoms. The van der Waals surface area contributed by atoms with E-state index in [4.69, 9.17) is 0 Å². The molecular formula is C16H19N3O. The second-order valence-corrected chi connectivity index (χ2v) is 5.32. The van der Waals surface area contributed by atoms with E-state index in [-0.39, 0.29) is 11.8 Å². The van der Waals surface area contributed by atoms with Gasteiger partial charge < -0.3 is 5.32 Å². The Labute approximate surface area is 118 Å². The number of nitrogens with zero attached hydrogens (tertiary/aromatic N) is 2. The molecule has 4 heteroatoms. The number of rotatable bonds is 3. The van der Waals surface area contributed by atoms with Crippen molar-refractivity contribution in [3.8, 4) is 5.69 Å². The molecule has 1 N–H and O–H groups in total. The standard InChI is InChI=1S/C16H19N3O/c20-16(13-5-2-1-3-6-13)18-14-7-9-15(10-8-14)19-12-4-11-17-19/h4,7-13H,1-3,5-6H2,(H,18,20). The van der Waals surface area contributed by atoms with Crippen LogP contribution in [0.25, 0.3) is 5.69 Å². The van der Waals surface area contributed by atoms with Crippen LogP contribution in [0.1, 0.15) is 32.1 Å². The summed E-state index contributed by atoms with van der Waals surface area (Å²) in [4.78, 5) is 12.2. The molecule has 20 heavy (non-hydrogen) atoms. The molecule has 0 saturated heterocycles. The van der Waals surface area contributed by atoms with Gasteiger partial charge in [-0.1, -0.05) is 19.3 Å². The number of amides is 1. The Hall–Kier alpha value is -2.10. The summed E-state index contributed by atoms with van der Waals surface area (Å²) in [7, 11) is 0. The van der Waals surface area contributed by atoms with Crippen LogP contribution in [0.15, 0.2) is 42.7 Å². The topological polar surface area (TPSA) is 46.9 Å². The summed E-state index contributed by atoms with van der Waals surface area (Å²) >= 11 is 0. The Balaban J connectivity index is 1.64. The molecule has 0 unspecified atom stereocenters. The van der Waals surface area contributed by atoms with Crippen LogP contribution in [0.2, 0.25) is 0 Å². The second-order valence-electron chi connectivity index (χ2n) is 5.32. The molecule has 3 rings (SSSR count). The molecule has 0 radical (unpaired) electrons. The van der Waals surface area contributed by atoms with Crippen molar-refractivity contribution < 1.29 is 4.79 Å². The lowest BCUT2D eigenvalue weighted by atomic mass is 9.88. The van der Waals surface area contributed by atoms with Crippen LogP contribution in [-0.4, -0.2) is 15.7 Å². The van der Waals surface area contributed by atoms with E-state index in [1.807, 2.05) is 36.5 Å². The van der Waals surface area contributed by atoms with Gasteiger partial charge in [-0.3, -0.25) is 4.79 Å². The number of carbonyl (C=O) groups excluding carboxylic acids is 1. The van der Waals surface area contributed by atoms with Crippen LogP contribution in [0.5, 0.6) is 0 Å². The molecule has 0 aliphatic heterocycles. The highest BCUT2D eigenvalue weighted by molar-refractivity contribution is 5.92. The summed E-state index contributed by atoms with van der Waals surface area (Å²) in [6.45, 7) is 0. The minimum atomic E-state index is 0.163. The predicted molar refractivity (Wildman–Crippen MR) is 78.8 cm³/mol. The van der Waals surface area contributed by atoms with E-state index in [1.165, 1.54) is 19.3 Å². The lowest BCUT2D eigenvalue weighted by molar-refractivity contribution is -0.120. The quantitative estimate of drug-likeness (QED) is 0.928. The zero-order valence-electron chi connectivity index (χ0n) is 11.5. The van der Waals surface area contributed by atoms with Gasteiger partial charge in [0.05, 0.1) is 5.69 Å². The van der Waals surface area contributed by atoms with Gasteiger partial charge in [0.1, 0.15) is 0 Å². The summed E-state index contributed by atoms with van der Waals surface area (Å²) in [6.07, 6.45) is 9.32. The van der Waals surface area contributed by atoms with E-state index in [0.717, 1.165) is 24.2 Å². The van der Waals surface area contributed by atoms with Crippen LogP contribution < -0.4 is 5.32 Å². The molecule has 0 spiro atoms. The first kappa shape index (κ1) is 12.9. The largest absolute Gasteiger partial charge is 0.326 e. The first-order valence-corrected chi connectivity index (χ1v) is 7.24. The van der Waals surface area contributed by atoms with Crippen molar-refractivity contribution >= 4 is 11.6 Å². The highest BCUT2D eigenvalue weighted by Gasteiger charge is 2.20. The molecule has 4 nitrogen and oxygen atoms in total. The molecule has 1 heterocycles. The fraction of sp³-hybridized carbons (Fsp3) is 0.375. The first-order chi connectivity index (χ1) is 9.83. The van der Waals surface area contributed by atoms with Gasteiger partial charge in [0, 0.05) is 24.0 Å². The van der Waals surface area contributed by atoms with Crippen molar-refractivity contribution in [3.05, 3.63) is 42.7 Å². The number of aromatic nitrogens is 2. The highest BCUT2D eigenvalue weighted by Crippen LogP contribution is 2.25. The SMILES string of the molecule is O=C(Nc1ccc(-n2cccn2)cc1)C1CCCCC1. The molecule has 1 aromatic heterocycles. The molecule has 1 amide bonds. The molecule has 1 fully saturated rings. The van der Waals surface area contributed by atoms with Crippen molar-refractivity contribution in [2.24, 2.45) is 5.92 Å². The van der Waals surface area contributed by atoms with Gasteiger partial charge in [0.2, 0.25) is 5.91 Å². The van der Waals surface area contributed by atoms with Gasteiger partial charge in [-0.15, -0.1) is 0 Å². The summed E-state index contributed by atoms with van der Waals surface area (Å²) in [6, 6.07) is 9.67. The third kappa shape index (κ3) is 2.90. The van der Waals surface area contributed by atoms with Crippen molar-refractivity contribution in [2.75, 3.05) is 5.32 Å². The van der Waals surface area contributed by atoms with Crippen molar-refractivity contribution in [1.29, 1.82) is 0 Å². The van der Waals surface area contributed by atoms with Crippen LogP contribution in [0.4, 0.5) is 5.69 Å². The number of anilines is 1. The minimum absolute atomic E-state index is 0.163. The van der Waals surface area contributed by atoms with Gasteiger partial charge in [0.15, 0.2) is 0 Å². The zero-order valence-corrected chi connectivity index (χ0v) is 11.5. The molecule has 1 aliphatic rings. The van der Waals surface area contributed by atoms with Crippen LogP contribution in [-0.2, 0) is 4.79 Å². The van der Waals surface area contributed by atoms with Gasteiger partial charge in [-0.25, -0.2) is 4.68 Å². The normalized spacial score (nSPS) is 16.0. The van der Waals surface area contributed by atoms with E-state index in [0.29, 0.717) is 0 Å². The van der Waals surface area contributed by atoms with E-state index in [2.05, 4.69) is 10.4 Å². The summed E-state index contributed by atoms with van der Waals surface area (Å²) in [5, 5.41) is 7.20. The third-order valence-electron chi connectivity index (χ3n) is 3.88. The Kier molecular flexibility index (Phi) is 3.81. The fourth-order valence-corrected chi connectivity index (χ4v) is 2.73. The Morgan fingerprint density at radius 1 is 1.15 bits per heavy atom. The highest BCUT2D eigenvalue weighted by atomic mass is 16.1. The van der Waals surface area contributed by atoms with E-state index in [9.17, 15) is 4.79 Å². The monoisotopic (exact) mass is 269 g/mol. The minimum Gasteiger partial charge on any atom is -0.326 e. The summed E-state index contributed by atoms with van der Waals surface area (Å²) in [5.41, 5.74) is 1.85. The van der Waals surface area contributed by atoms with E-state index >= 15 is 0 Å². The number of benzene rings is 1. The van der Waals surface area contributed by atoms with E-state index < -0.39 is 0 Å². The lowest BCUT2D eigenvalue weighted by Gasteiger charge is -2.20. The molecule has 104 valence electrons. The maximum absolute atomic E-state index is 12.2. The molecule has 2 aromatic rings. The molecular weight excluding hydrogens is 250 g/mol. The predicted octanol–water partition coefficient (Wildman–Crippen LogP) is 3.39. The smallest absolute Gasteiger partial charge is 0.227 e. The van der Waals surface area contributed by atoms with Crippen molar-refractivity contribution in [1.82, 2.24) is 9.78 Å². The maximum atomic E-state index is 12.2. The number of hydrogen-bond donors (Lipinski definition) is 1. The van der Waals surface area contributed by atoms with Crippen LogP contribution in [0, 0.1) is 5.92 Å². The van der Waals surface area contributed by atoms with Crippen molar-refractivity contribution in [2.45, 2.75) is 32.1 Å². The second kappa shape index (κ2) is 5.90. The van der Waals surface area contributed by atoms with Gasteiger partial charge in [-0.2, -0.15) is 5.10 Å². The Morgan fingerprint density at radius 2 is 1.90 bits per heavy atom. The lowest BCUT2D eigenvalue weighted by Crippen LogP contribution is -2.24. The Morgan fingerprint density at radius 3 is 2.55 bits per heavy atom. The summed E-state index contributed by atoms with van der Waals surface area (Å²) < 4.78 is 1.80. The maximum Gasteiger partial charge on any atom is 0.227 e. The van der Waals surface area contributed by atoms with E-state index in [1.54, 1.807) is 10.9 Å².